The van der Waals surface area contributed by atoms with Gasteiger partial charge in [0.05, 0.1) is 16.3 Å². The van der Waals surface area contributed by atoms with Gasteiger partial charge in [0.2, 0.25) is 26.0 Å². The van der Waals surface area contributed by atoms with Gasteiger partial charge in [-0.2, -0.15) is 8.61 Å². The largest absolute Gasteiger partial charge is 0.355 e. The standard InChI is InChI=1S/C27H29Cl2N3O5S2/c28-23-8-12-26(13-9-23)39(36,37)32(19-22-4-3-5-24(29)18-22)20-27(33)30-15-14-21-6-10-25(11-7-21)38(34,35)31-16-1-2-17-31/h3-13,18H,1-2,14-17,19-20H2,(H,30,33). The van der Waals surface area contributed by atoms with E-state index in [9.17, 15) is 21.6 Å². The molecule has 0 aliphatic carbocycles. The number of halogens is 2. The summed E-state index contributed by atoms with van der Waals surface area (Å²) in [6, 6.07) is 19.2. The Morgan fingerprint density at radius 3 is 2.10 bits per heavy atom. The summed E-state index contributed by atoms with van der Waals surface area (Å²) in [5, 5.41) is 3.62. The van der Waals surface area contributed by atoms with Crippen molar-refractivity contribution in [3.8, 4) is 0 Å². The lowest BCUT2D eigenvalue weighted by atomic mass is 10.1. The number of hydrogen-bond acceptors (Lipinski definition) is 5. The molecule has 0 saturated carbocycles. The molecule has 4 rings (SSSR count). The van der Waals surface area contributed by atoms with Gasteiger partial charge in [-0.1, -0.05) is 47.5 Å². The van der Waals surface area contributed by atoms with Crippen molar-refractivity contribution < 1.29 is 21.6 Å². The molecule has 0 aromatic heterocycles. The Bertz CT molecular complexity index is 1510. The van der Waals surface area contributed by atoms with Crippen LogP contribution in [-0.2, 0) is 37.8 Å². The lowest BCUT2D eigenvalue weighted by Gasteiger charge is -2.22. The van der Waals surface area contributed by atoms with Crippen molar-refractivity contribution in [1.29, 1.82) is 0 Å². The van der Waals surface area contributed by atoms with Gasteiger partial charge in [0.1, 0.15) is 0 Å². The predicted octanol–water partition coefficient (Wildman–Crippen LogP) is 4.33. The highest BCUT2D eigenvalue weighted by Gasteiger charge is 2.28. The maximum atomic E-state index is 13.4. The molecule has 3 aromatic rings. The maximum Gasteiger partial charge on any atom is 0.243 e. The minimum atomic E-state index is -4.02. The van der Waals surface area contributed by atoms with Crippen LogP contribution in [0, 0.1) is 0 Å². The van der Waals surface area contributed by atoms with Crippen LogP contribution in [-0.4, -0.2) is 57.5 Å². The first-order valence-electron chi connectivity index (χ1n) is 12.4. The molecule has 12 heteroatoms. The molecular formula is C27H29Cl2N3O5S2. The number of nitrogens with one attached hydrogen (secondary N) is 1. The van der Waals surface area contributed by atoms with Gasteiger partial charge in [-0.15, -0.1) is 0 Å². The van der Waals surface area contributed by atoms with E-state index in [-0.39, 0.29) is 22.9 Å². The van der Waals surface area contributed by atoms with Crippen LogP contribution in [0.3, 0.4) is 0 Å². The Morgan fingerprint density at radius 1 is 0.821 bits per heavy atom. The van der Waals surface area contributed by atoms with E-state index in [1.54, 1.807) is 48.5 Å². The Hall–Kier alpha value is -2.47. The molecular weight excluding hydrogens is 581 g/mol. The number of hydrogen-bond donors (Lipinski definition) is 1. The Kier molecular flexibility index (Phi) is 9.69. The zero-order chi connectivity index (χ0) is 28.0. The van der Waals surface area contributed by atoms with Crippen LogP contribution in [0.25, 0.3) is 0 Å². The first-order chi connectivity index (χ1) is 18.6. The van der Waals surface area contributed by atoms with Crippen LogP contribution >= 0.6 is 23.2 Å². The summed E-state index contributed by atoms with van der Waals surface area (Å²) in [7, 11) is -7.50. The van der Waals surface area contributed by atoms with E-state index < -0.39 is 32.5 Å². The normalized spacial score (nSPS) is 14.5. The van der Waals surface area contributed by atoms with E-state index in [1.165, 1.54) is 28.6 Å². The van der Waals surface area contributed by atoms with E-state index in [4.69, 9.17) is 23.2 Å². The fraction of sp³-hybridized carbons (Fsp3) is 0.296. The zero-order valence-corrected chi connectivity index (χ0v) is 24.2. The van der Waals surface area contributed by atoms with Gasteiger partial charge < -0.3 is 5.32 Å². The Morgan fingerprint density at radius 2 is 1.46 bits per heavy atom. The summed E-state index contributed by atoms with van der Waals surface area (Å²) in [6.45, 7) is 0.885. The van der Waals surface area contributed by atoms with Crippen molar-refractivity contribution in [2.24, 2.45) is 0 Å². The predicted molar refractivity (Wildman–Crippen MR) is 152 cm³/mol. The Labute approximate surface area is 239 Å². The molecule has 1 saturated heterocycles. The molecule has 8 nitrogen and oxygen atoms in total. The third-order valence-electron chi connectivity index (χ3n) is 6.38. The SMILES string of the molecule is O=C(CN(Cc1cccc(Cl)c1)S(=O)(=O)c1ccc(Cl)cc1)NCCc1ccc(S(=O)(=O)N2CCCC2)cc1. The number of rotatable bonds is 11. The fourth-order valence-electron chi connectivity index (χ4n) is 4.29. The Balaban J connectivity index is 1.39. The molecule has 39 heavy (non-hydrogen) atoms. The van der Waals surface area contributed by atoms with E-state index in [1.807, 2.05) is 0 Å². The molecule has 0 radical (unpaired) electrons. The summed E-state index contributed by atoms with van der Waals surface area (Å²) in [4.78, 5) is 13.1. The minimum Gasteiger partial charge on any atom is -0.355 e. The van der Waals surface area contributed by atoms with Crippen LogP contribution in [0.2, 0.25) is 10.0 Å². The highest BCUT2D eigenvalue weighted by molar-refractivity contribution is 7.89. The molecule has 1 aliphatic heterocycles. The molecule has 1 amide bonds. The summed E-state index contributed by atoms with van der Waals surface area (Å²) >= 11 is 12.0. The number of sulfonamides is 2. The summed E-state index contributed by atoms with van der Waals surface area (Å²) in [6.07, 6.45) is 2.19. The van der Waals surface area contributed by atoms with Crippen LogP contribution < -0.4 is 5.32 Å². The molecule has 0 atom stereocenters. The molecule has 1 heterocycles. The second-order valence-corrected chi connectivity index (χ2v) is 14.0. The molecule has 1 fully saturated rings. The van der Waals surface area contributed by atoms with Gasteiger partial charge in [-0.05, 0) is 78.9 Å². The number of nitrogens with zero attached hydrogens (tertiary/aromatic N) is 2. The third-order valence-corrected chi connectivity index (χ3v) is 10.6. The van der Waals surface area contributed by atoms with Crippen molar-refractivity contribution in [3.05, 3.63) is 94.0 Å². The van der Waals surface area contributed by atoms with E-state index in [2.05, 4.69) is 5.32 Å². The number of benzene rings is 3. The summed E-state index contributed by atoms with van der Waals surface area (Å²) in [5.41, 5.74) is 1.48. The number of carbonyl (C=O) groups is 1. The highest BCUT2D eigenvalue weighted by atomic mass is 35.5. The third kappa shape index (κ3) is 7.59. The van der Waals surface area contributed by atoms with Crippen LogP contribution in [0.5, 0.6) is 0 Å². The van der Waals surface area contributed by atoms with Crippen molar-refractivity contribution in [1.82, 2.24) is 13.9 Å². The molecule has 0 bridgehead atoms. The van der Waals surface area contributed by atoms with E-state index in [0.29, 0.717) is 35.1 Å². The van der Waals surface area contributed by atoms with Crippen LogP contribution in [0.15, 0.2) is 82.6 Å². The minimum absolute atomic E-state index is 0.0192. The van der Waals surface area contributed by atoms with Crippen molar-refractivity contribution in [3.63, 3.8) is 0 Å². The van der Waals surface area contributed by atoms with E-state index >= 15 is 0 Å². The van der Waals surface area contributed by atoms with Crippen molar-refractivity contribution >= 4 is 49.2 Å². The number of carbonyl (C=O) groups excluding carboxylic acids is 1. The lowest BCUT2D eigenvalue weighted by Crippen LogP contribution is -2.40. The molecule has 1 aliphatic rings. The van der Waals surface area contributed by atoms with Crippen molar-refractivity contribution in [2.45, 2.75) is 35.6 Å². The van der Waals surface area contributed by atoms with Gasteiger partial charge in [0.25, 0.3) is 0 Å². The van der Waals surface area contributed by atoms with Crippen LogP contribution in [0.4, 0.5) is 0 Å². The first kappa shape index (κ1) is 29.5. The van der Waals surface area contributed by atoms with Gasteiger partial charge in [-0.3, -0.25) is 4.79 Å². The molecule has 0 unspecified atom stereocenters. The monoisotopic (exact) mass is 609 g/mol. The summed E-state index contributed by atoms with van der Waals surface area (Å²) in [5.74, 6) is -0.470. The smallest absolute Gasteiger partial charge is 0.243 e. The fourth-order valence-corrected chi connectivity index (χ4v) is 7.53. The topological polar surface area (TPSA) is 104 Å². The molecule has 1 N–H and O–H groups in total. The van der Waals surface area contributed by atoms with Gasteiger partial charge in [0, 0.05) is 36.2 Å². The van der Waals surface area contributed by atoms with Crippen LogP contribution in [0.1, 0.15) is 24.0 Å². The second kappa shape index (κ2) is 12.8. The lowest BCUT2D eigenvalue weighted by molar-refractivity contribution is -0.121. The molecule has 3 aromatic carbocycles. The summed E-state index contributed by atoms with van der Waals surface area (Å²) < 4.78 is 54.8. The quantitative estimate of drug-likeness (QED) is 0.348. The zero-order valence-electron chi connectivity index (χ0n) is 21.1. The second-order valence-electron chi connectivity index (χ2n) is 9.21. The van der Waals surface area contributed by atoms with E-state index in [0.717, 1.165) is 22.7 Å². The first-order valence-corrected chi connectivity index (χ1v) is 16.1. The van der Waals surface area contributed by atoms with Crippen molar-refractivity contribution in [2.75, 3.05) is 26.2 Å². The average Bonchev–Trinajstić information content (AvgIpc) is 3.45. The van der Waals surface area contributed by atoms with Gasteiger partial charge in [0.15, 0.2) is 0 Å². The highest BCUT2D eigenvalue weighted by Crippen LogP contribution is 2.23. The molecule has 208 valence electrons. The van der Waals surface area contributed by atoms with Gasteiger partial charge >= 0.3 is 0 Å². The van der Waals surface area contributed by atoms with Gasteiger partial charge in [-0.25, -0.2) is 16.8 Å². The number of amides is 1. The molecule has 0 spiro atoms. The average molecular weight is 611 g/mol. The maximum absolute atomic E-state index is 13.4.